The van der Waals surface area contributed by atoms with Crippen molar-refractivity contribution < 1.29 is 14.2 Å². The second-order valence-electron chi connectivity index (χ2n) is 5.86. The lowest BCUT2D eigenvalue weighted by Crippen LogP contribution is -2.08. The topological polar surface area (TPSA) is 61.6 Å². The van der Waals surface area contributed by atoms with Gasteiger partial charge in [0.05, 0.1) is 38.9 Å². The Morgan fingerprint density at radius 1 is 0.885 bits per heavy atom. The number of benzene rings is 2. The minimum absolute atomic E-state index is 0.549. The Morgan fingerprint density at radius 3 is 2.00 bits per heavy atom. The molecule has 7 nitrogen and oxygen atoms in total. The van der Waals surface area contributed by atoms with Crippen molar-refractivity contribution in [3.05, 3.63) is 42.6 Å². The zero-order valence-electron chi connectivity index (χ0n) is 15.6. The Labute approximate surface area is 152 Å². The van der Waals surface area contributed by atoms with E-state index in [-0.39, 0.29) is 0 Å². The molecule has 136 valence electrons. The highest BCUT2D eigenvalue weighted by Crippen LogP contribution is 2.41. The summed E-state index contributed by atoms with van der Waals surface area (Å²) in [5.74, 6) is 1.71. The minimum atomic E-state index is 0.549. The summed E-state index contributed by atoms with van der Waals surface area (Å²) < 4.78 is 18.1. The van der Waals surface area contributed by atoms with Crippen LogP contribution < -0.4 is 19.1 Å². The lowest BCUT2D eigenvalue weighted by Gasteiger charge is -2.15. The van der Waals surface area contributed by atoms with Crippen LogP contribution in [-0.2, 0) is 0 Å². The SMILES string of the molecule is COc1cc(-c2cnnn2-c2ccc(N(C)C)cc2)cc(OC)c1OC. The maximum absolute atomic E-state index is 5.44. The fraction of sp³-hybridized carbons (Fsp3) is 0.263. The normalized spacial score (nSPS) is 10.5. The standard InChI is InChI=1S/C19H22N4O3/c1-22(2)14-6-8-15(9-7-14)23-16(12-20-21-23)13-10-17(24-3)19(26-5)18(11-13)25-4/h6-12H,1-5H3. The number of hydrogen-bond donors (Lipinski definition) is 0. The molecule has 0 radical (unpaired) electrons. The van der Waals surface area contributed by atoms with Crippen molar-refractivity contribution >= 4 is 5.69 Å². The van der Waals surface area contributed by atoms with E-state index < -0.39 is 0 Å². The van der Waals surface area contributed by atoms with Gasteiger partial charge >= 0.3 is 0 Å². The Balaban J connectivity index is 2.08. The van der Waals surface area contributed by atoms with E-state index in [0.717, 1.165) is 22.6 Å². The van der Waals surface area contributed by atoms with Crippen LogP contribution in [0.25, 0.3) is 16.9 Å². The van der Waals surface area contributed by atoms with E-state index in [1.54, 1.807) is 32.2 Å². The van der Waals surface area contributed by atoms with Gasteiger partial charge in [0.1, 0.15) is 0 Å². The number of hydrogen-bond acceptors (Lipinski definition) is 6. The Hall–Kier alpha value is -3.22. The van der Waals surface area contributed by atoms with E-state index in [2.05, 4.69) is 10.3 Å². The summed E-state index contributed by atoms with van der Waals surface area (Å²) in [5.41, 5.74) is 3.71. The summed E-state index contributed by atoms with van der Waals surface area (Å²) in [4.78, 5) is 2.05. The van der Waals surface area contributed by atoms with E-state index in [0.29, 0.717) is 17.2 Å². The predicted octanol–water partition coefficient (Wildman–Crippen LogP) is 3.03. The smallest absolute Gasteiger partial charge is 0.203 e. The zero-order valence-corrected chi connectivity index (χ0v) is 15.6. The fourth-order valence-corrected chi connectivity index (χ4v) is 2.74. The van der Waals surface area contributed by atoms with Crippen molar-refractivity contribution in [1.29, 1.82) is 0 Å². The molecule has 7 heteroatoms. The molecule has 0 aliphatic carbocycles. The van der Waals surface area contributed by atoms with Gasteiger partial charge in [0.15, 0.2) is 11.5 Å². The number of anilines is 1. The second-order valence-corrected chi connectivity index (χ2v) is 5.86. The summed E-state index contributed by atoms with van der Waals surface area (Å²) in [7, 11) is 8.78. The average molecular weight is 354 g/mol. The lowest BCUT2D eigenvalue weighted by atomic mass is 10.1. The molecule has 0 atom stereocenters. The number of aromatic nitrogens is 3. The molecule has 26 heavy (non-hydrogen) atoms. The van der Waals surface area contributed by atoms with E-state index in [1.165, 1.54) is 0 Å². The Kier molecular flexibility index (Phi) is 4.97. The second kappa shape index (κ2) is 7.35. The first-order chi connectivity index (χ1) is 12.6. The van der Waals surface area contributed by atoms with Gasteiger partial charge in [0.2, 0.25) is 5.75 Å². The maximum atomic E-state index is 5.44. The molecule has 3 aromatic rings. The van der Waals surface area contributed by atoms with Crippen LogP contribution in [0.15, 0.2) is 42.6 Å². The van der Waals surface area contributed by atoms with E-state index in [4.69, 9.17) is 14.2 Å². The van der Waals surface area contributed by atoms with Crippen LogP contribution in [0.2, 0.25) is 0 Å². The predicted molar refractivity (Wildman–Crippen MR) is 101 cm³/mol. The van der Waals surface area contributed by atoms with Crippen LogP contribution in [-0.4, -0.2) is 50.4 Å². The number of rotatable bonds is 6. The van der Waals surface area contributed by atoms with E-state index >= 15 is 0 Å². The number of methoxy groups -OCH3 is 3. The van der Waals surface area contributed by atoms with Gasteiger partial charge in [0.25, 0.3) is 0 Å². The van der Waals surface area contributed by atoms with Gasteiger partial charge in [0, 0.05) is 25.3 Å². The van der Waals surface area contributed by atoms with Crippen molar-refractivity contribution in [3.8, 4) is 34.2 Å². The average Bonchev–Trinajstić information content (AvgIpc) is 3.16. The molecule has 0 saturated carbocycles. The first kappa shape index (κ1) is 17.6. The number of ether oxygens (including phenoxy) is 3. The zero-order chi connectivity index (χ0) is 18.7. The van der Waals surface area contributed by atoms with Crippen LogP contribution in [0, 0.1) is 0 Å². The molecule has 0 aliphatic heterocycles. The van der Waals surface area contributed by atoms with Gasteiger partial charge in [-0.1, -0.05) is 5.21 Å². The minimum Gasteiger partial charge on any atom is -0.493 e. The molecule has 3 rings (SSSR count). The maximum Gasteiger partial charge on any atom is 0.203 e. The van der Waals surface area contributed by atoms with Crippen molar-refractivity contribution in [1.82, 2.24) is 15.0 Å². The van der Waals surface area contributed by atoms with Crippen LogP contribution in [0.3, 0.4) is 0 Å². The first-order valence-electron chi connectivity index (χ1n) is 8.08. The van der Waals surface area contributed by atoms with Crippen LogP contribution in [0.4, 0.5) is 5.69 Å². The van der Waals surface area contributed by atoms with Gasteiger partial charge in [-0.05, 0) is 36.4 Å². The molecule has 0 bridgehead atoms. The summed E-state index contributed by atoms with van der Waals surface area (Å²) in [6.07, 6.45) is 1.71. The van der Waals surface area contributed by atoms with Crippen LogP contribution in [0.1, 0.15) is 0 Å². The quantitative estimate of drug-likeness (QED) is 0.678. The van der Waals surface area contributed by atoms with Gasteiger partial charge in [-0.15, -0.1) is 5.10 Å². The van der Waals surface area contributed by atoms with Gasteiger partial charge < -0.3 is 19.1 Å². The van der Waals surface area contributed by atoms with Crippen molar-refractivity contribution in [2.24, 2.45) is 0 Å². The van der Waals surface area contributed by atoms with Gasteiger partial charge in [-0.3, -0.25) is 0 Å². The highest BCUT2D eigenvalue weighted by atomic mass is 16.5. The summed E-state index contributed by atoms with van der Waals surface area (Å²) in [5, 5.41) is 8.31. The molecule has 0 spiro atoms. The molecule has 0 aliphatic rings. The van der Waals surface area contributed by atoms with E-state index in [1.807, 2.05) is 55.4 Å². The first-order valence-corrected chi connectivity index (χ1v) is 8.08. The van der Waals surface area contributed by atoms with E-state index in [9.17, 15) is 0 Å². The fourth-order valence-electron chi connectivity index (χ4n) is 2.74. The monoisotopic (exact) mass is 354 g/mol. The highest BCUT2D eigenvalue weighted by Gasteiger charge is 2.17. The summed E-state index contributed by atoms with van der Waals surface area (Å²) >= 11 is 0. The third-order valence-electron chi connectivity index (χ3n) is 4.12. The summed E-state index contributed by atoms with van der Waals surface area (Å²) in [6, 6.07) is 11.8. The third-order valence-corrected chi connectivity index (χ3v) is 4.12. The molecule has 1 heterocycles. The highest BCUT2D eigenvalue weighted by molar-refractivity contribution is 5.69. The molecule has 0 unspecified atom stereocenters. The van der Waals surface area contributed by atoms with Crippen LogP contribution >= 0.6 is 0 Å². The Morgan fingerprint density at radius 2 is 1.50 bits per heavy atom. The molecule has 0 saturated heterocycles. The van der Waals surface area contributed by atoms with Crippen molar-refractivity contribution in [3.63, 3.8) is 0 Å². The molecular formula is C19H22N4O3. The van der Waals surface area contributed by atoms with Crippen LogP contribution in [0.5, 0.6) is 17.2 Å². The van der Waals surface area contributed by atoms with Crippen molar-refractivity contribution in [2.75, 3.05) is 40.3 Å². The van der Waals surface area contributed by atoms with Gasteiger partial charge in [-0.25, -0.2) is 4.68 Å². The molecule has 0 amide bonds. The molecular weight excluding hydrogens is 332 g/mol. The third kappa shape index (κ3) is 3.15. The molecule has 0 N–H and O–H groups in total. The largest absolute Gasteiger partial charge is 0.493 e. The molecule has 2 aromatic carbocycles. The van der Waals surface area contributed by atoms with Gasteiger partial charge in [-0.2, -0.15) is 0 Å². The molecule has 0 fully saturated rings. The lowest BCUT2D eigenvalue weighted by molar-refractivity contribution is 0.324. The summed E-state index contributed by atoms with van der Waals surface area (Å²) in [6.45, 7) is 0. The van der Waals surface area contributed by atoms with Crippen molar-refractivity contribution in [2.45, 2.75) is 0 Å². The molecule has 1 aromatic heterocycles. The number of nitrogens with zero attached hydrogens (tertiary/aromatic N) is 4. The Bertz CT molecular complexity index is 863.